The second kappa shape index (κ2) is 17.8. The molecule has 3 rings (SSSR count). The molecule has 0 amide bonds. The molecular weight excluding hydrogens is 512 g/mol. The average Bonchev–Trinajstić information content (AvgIpc) is 3.01. The number of unbranched alkanes of at least 4 members (excludes halogenated alkanes) is 7. The van der Waals surface area contributed by atoms with Gasteiger partial charge in [-0.1, -0.05) is 82.7 Å². The third-order valence-electron chi connectivity index (χ3n) is 7.13. The van der Waals surface area contributed by atoms with E-state index >= 15 is 0 Å². The van der Waals surface area contributed by atoms with Gasteiger partial charge in [-0.15, -0.1) is 6.58 Å². The molecule has 0 aliphatic rings. The van der Waals surface area contributed by atoms with Gasteiger partial charge in [-0.3, -0.25) is 0 Å². The highest BCUT2D eigenvalue weighted by atomic mass is 16.5. The van der Waals surface area contributed by atoms with Gasteiger partial charge in [0.1, 0.15) is 11.5 Å². The van der Waals surface area contributed by atoms with Gasteiger partial charge in [0, 0.05) is 0 Å². The highest BCUT2D eigenvalue weighted by molar-refractivity contribution is 5.92. The average molecular weight is 557 g/mol. The number of ether oxygens (including phenoxy) is 3. The van der Waals surface area contributed by atoms with Crippen LogP contribution in [-0.4, -0.2) is 25.2 Å². The molecular formula is C36H44O5. The first-order valence-electron chi connectivity index (χ1n) is 14.9. The van der Waals surface area contributed by atoms with E-state index in [2.05, 4.69) is 13.5 Å². The second-order valence-electron chi connectivity index (χ2n) is 10.5. The van der Waals surface area contributed by atoms with Crippen LogP contribution in [0, 0.1) is 5.92 Å². The highest BCUT2D eigenvalue weighted by Crippen LogP contribution is 2.24. The Labute approximate surface area is 245 Å². The molecule has 0 unspecified atom stereocenters. The minimum absolute atomic E-state index is 0.316. The quantitative estimate of drug-likeness (QED) is 0.0676. The van der Waals surface area contributed by atoms with E-state index in [1.165, 1.54) is 38.5 Å². The van der Waals surface area contributed by atoms with Crippen molar-refractivity contribution in [1.29, 1.82) is 0 Å². The lowest BCUT2D eigenvalue weighted by atomic mass is 10.0. The lowest BCUT2D eigenvalue weighted by Crippen LogP contribution is -2.12. The maximum absolute atomic E-state index is 12.6. The van der Waals surface area contributed by atoms with Gasteiger partial charge in [-0.2, -0.15) is 0 Å². The first kappa shape index (κ1) is 31.7. The van der Waals surface area contributed by atoms with Crippen molar-refractivity contribution in [3.05, 3.63) is 96.6 Å². The van der Waals surface area contributed by atoms with Gasteiger partial charge < -0.3 is 14.2 Å². The van der Waals surface area contributed by atoms with Crippen LogP contribution >= 0.6 is 0 Å². The molecule has 0 saturated carbocycles. The van der Waals surface area contributed by atoms with Crippen LogP contribution in [0.25, 0.3) is 11.1 Å². The summed E-state index contributed by atoms with van der Waals surface area (Å²) in [4.78, 5) is 24.8. The molecule has 0 radical (unpaired) electrons. The normalized spacial score (nSPS) is 11.5. The molecule has 0 aliphatic heterocycles. The van der Waals surface area contributed by atoms with Crippen LogP contribution < -0.4 is 9.47 Å². The Morgan fingerprint density at radius 3 is 1.83 bits per heavy atom. The third kappa shape index (κ3) is 11.3. The van der Waals surface area contributed by atoms with Gasteiger partial charge in [-0.25, -0.2) is 9.59 Å². The number of hydrogen-bond donors (Lipinski definition) is 0. The van der Waals surface area contributed by atoms with E-state index in [0.717, 1.165) is 42.7 Å². The molecule has 0 saturated heterocycles. The van der Waals surface area contributed by atoms with Crippen LogP contribution in [0.2, 0.25) is 0 Å². The summed E-state index contributed by atoms with van der Waals surface area (Å²) in [5.41, 5.74) is 2.92. The van der Waals surface area contributed by atoms with Crippen molar-refractivity contribution in [1.82, 2.24) is 0 Å². The van der Waals surface area contributed by atoms with Crippen molar-refractivity contribution in [2.75, 3.05) is 13.2 Å². The van der Waals surface area contributed by atoms with Crippen molar-refractivity contribution in [3.63, 3.8) is 0 Å². The topological polar surface area (TPSA) is 61.8 Å². The Bertz CT molecular complexity index is 1200. The fourth-order valence-electron chi connectivity index (χ4n) is 4.25. The Balaban J connectivity index is 1.40. The molecule has 0 N–H and O–H groups in total. The second-order valence-corrected chi connectivity index (χ2v) is 10.5. The van der Waals surface area contributed by atoms with Crippen molar-refractivity contribution in [3.8, 4) is 22.6 Å². The molecule has 3 aromatic rings. The molecule has 0 fully saturated rings. The summed E-state index contributed by atoms with van der Waals surface area (Å²) in [5, 5.41) is 0. The Kier molecular flexibility index (Phi) is 13.7. The van der Waals surface area contributed by atoms with E-state index in [1.54, 1.807) is 36.4 Å². The van der Waals surface area contributed by atoms with E-state index in [9.17, 15) is 9.59 Å². The fourth-order valence-corrected chi connectivity index (χ4v) is 4.25. The molecule has 0 aliphatic carbocycles. The van der Waals surface area contributed by atoms with Crippen LogP contribution in [0.1, 0.15) is 92.4 Å². The Morgan fingerprint density at radius 2 is 1.22 bits per heavy atom. The van der Waals surface area contributed by atoms with Crippen molar-refractivity contribution in [2.24, 2.45) is 5.92 Å². The zero-order valence-corrected chi connectivity index (χ0v) is 24.6. The number of rotatable bonds is 18. The molecule has 0 spiro atoms. The largest absolute Gasteiger partial charge is 0.494 e. The SMILES string of the molecule is C=CCCCCCCCCCOc1ccc(-c2ccc(C(=O)Oc3ccc(C(=O)OC[C@@H](C)CC)cc3)cc2)cc1. The number of esters is 2. The monoisotopic (exact) mass is 556 g/mol. The van der Waals surface area contributed by atoms with Gasteiger partial charge in [0.2, 0.25) is 0 Å². The van der Waals surface area contributed by atoms with E-state index in [1.807, 2.05) is 49.4 Å². The van der Waals surface area contributed by atoms with Crippen LogP contribution in [-0.2, 0) is 4.74 Å². The fraction of sp³-hybridized carbons (Fsp3) is 0.389. The summed E-state index contributed by atoms with van der Waals surface area (Å²) in [6.45, 7) is 8.98. The Hall–Kier alpha value is -3.86. The maximum Gasteiger partial charge on any atom is 0.343 e. The molecule has 3 aromatic carbocycles. The highest BCUT2D eigenvalue weighted by Gasteiger charge is 2.12. The van der Waals surface area contributed by atoms with Crippen LogP contribution in [0.3, 0.4) is 0 Å². The van der Waals surface area contributed by atoms with Gasteiger partial charge >= 0.3 is 11.9 Å². The molecule has 0 aromatic heterocycles. The van der Waals surface area contributed by atoms with Crippen LogP contribution in [0.4, 0.5) is 0 Å². The molecule has 1 atom stereocenters. The minimum Gasteiger partial charge on any atom is -0.494 e. The number of carbonyl (C=O) groups is 2. The predicted octanol–water partition coefficient (Wildman–Crippen LogP) is 9.46. The third-order valence-corrected chi connectivity index (χ3v) is 7.13. The minimum atomic E-state index is -0.458. The van der Waals surface area contributed by atoms with Gasteiger partial charge in [0.05, 0.1) is 24.3 Å². The molecule has 5 heteroatoms. The van der Waals surface area contributed by atoms with Crippen LogP contribution in [0.5, 0.6) is 11.5 Å². The molecule has 218 valence electrons. The van der Waals surface area contributed by atoms with E-state index in [0.29, 0.717) is 29.4 Å². The zero-order valence-electron chi connectivity index (χ0n) is 24.6. The lowest BCUT2D eigenvalue weighted by molar-refractivity contribution is 0.0447. The first-order chi connectivity index (χ1) is 20.0. The molecule has 0 heterocycles. The number of hydrogen-bond acceptors (Lipinski definition) is 5. The standard InChI is InChI=1S/C36H44O5/c1-4-6-7-8-9-10-11-12-13-26-39-33-22-18-30(19-23-33)29-14-16-32(17-15-29)36(38)41-34-24-20-31(21-25-34)35(37)40-27-28(3)5-2/h4,14-25,28H,1,5-13,26-27H2,2-3H3/t28-/m0/s1. The molecule has 0 bridgehead atoms. The van der Waals surface area contributed by atoms with Gasteiger partial charge in [-0.05, 0) is 84.8 Å². The molecule has 5 nitrogen and oxygen atoms in total. The van der Waals surface area contributed by atoms with Gasteiger partial charge in [0.25, 0.3) is 0 Å². The van der Waals surface area contributed by atoms with E-state index in [-0.39, 0.29) is 5.97 Å². The van der Waals surface area contributed by atoms with E-state index < -0.39 is 5.97 Å². The predicted molar refractivity (Wildman–Crippen MR) is 166 cm³/mol. The first-order valence-corrected chi connectivity index (χ1v) is 14.9. The summed E-state index contributed by atoms with van der Waals surface area (Å²) in [6.07, 6.45) is 12.8. The zero-order chi connectivity index (χ0) is 29.3. The summed E-state index contributed by atoms with van der Waals surface area (Å²) in [5.74, 6) is 0.715. The van der Waals surface area contributed by atoms with Crippen molar-refractivity contribution >= 4 is 11.9 Å². The summed E-state index contributed by atoms with van der Waals surface area (Å²) in [7, 11) is 0. The Morgan fingerprint density at radius 1 is 0.707 bits per heavy atom. The number of carbonyl (C=O) groups excluding carboxylic acids is 2. The summed E-state index contributed by atoms with van der Waals surface area (Å²) >= 11 is 0. The van der Waals surface area contributed by atoms with Gasteiger partial charge in [0.15, 0.2) is 0 Å². The number of benzene rings is 3. The summed E-state index contributed by atoms with van der Waals surface area (Å²) in [6, 6.07) is 21.7. The maximum atomic E-state index is 12.6. The summed E-state index contributed by atoms with van der Waals surface area (Å²) < 4.78 is 16.7. The molecule has 41 heavy (non-hydrogen) atoms. The number of allylic oxidation sites excluding steroid dienone is 1. The van der Waals surface area contributed by atoms with Crippen LogP contribution in [0.15, 0.2) is 85.5 Å². The van der Waals surface area contributed by atoms with Crippen molar-refractivity contribution in [2.45, 2.75) is 71.6 Å². The van der Waals surface area contributed by atoms with Crippen molar-refractivity contribution < 1.29 is 23.8 Å². The smallest absolute Gasteiger partial charge is 0.343 e. The van der Waals surface area contributed by atoms with E-state index in [4.69, 9.17) is 14.2 Å². The lowest BCUT2D eigenvalue weighted by Gasteiger charge is -2.10.